The van der Waals surface area contributed by atoms with Crippen LogP contribution < -0.4 is 0 Å². The summed E-state index contributed by atoms with van der Waals surface area (Å²) in [4.78, 5) is 16.0. The van der Waals surface area contributed by atoms with Crippen molar-refractivity contribution in [1.82, 2.24) is 4.98 Å². The molecule has 0 amide bonds. The van der Waals surface area contributed by atoms with Crippen LogP contribution in [-0.4, -0.2) is 10.8 Å². The minimum absolute atomic E-state index is 0.121. The van der Waals surface area contributed by atoms with Crippen LogP contribution in [0.15, 0.2) is 47.1 Å². The lowest BCUT2D eigenvalue weighted by molar-refractivity contribution is 0.103. The van der Waals surface area contributed by atoms with Crippen LogP contribution in [0.1, 0.15) is 28.0 Å². The number of rotatable bonds is 3. The van der Waals surface area contributed by atoms with Gasteiger partial charge in [0.25, 0.3) is 6.43 Å². The lowest BCUT2D eigenvalue weighted by atomic mass is 10.0. The first-order valence-electron chi connectivity index (χ1n) is 5.13. The molecule has 0 saturated heterocycles. The Kier molecular flexibility index (Phi) is 3.81. The summed E-state index contributed by atoms with van der Waals surface area (Å²) in [6, 6.07) is 9.11. The Morgan fingerprint density at radius 1 is 1.17 bits per heavy atom. The van der Waals surface area contributed by atoms with E-state index in [1.807, 2.05) is 0 Å². The predicted molar refractivity (Wildman–Crippen MR) is 66.8 cm³/mol. The van der Waals surface area contributed by atoms with Crippen molar-refractivity contribution >= 4 is 21.7 Å². The molecule has 0 aliphatic rings. The summed E-state index contributed by atoms with van der Waals surface area (Å²) in [5.74, 6) is -0.384. The van der Waals surface area contributed by atoms with Gasteiger partial charge in [0.1, 0.15) is 5.69 Å². The van der Waals surface area contributed by atoms with Gasteiger partial charge in [-0.25, -0.2) is 8.78 Å². The highest BCUT2D eigenvalue weighted by molar-refractivity contribution is 9.10. The van der Waals surface area contributed by atoms with Gasteiger partial charge in [-0.1, -0.05) is 18.2 Å². The summed E-state index contributed by atoms with van der Waals surface area (Å²) < 4.78 is 25.6. The van der Waals surface area contributed by atoms with E-state index in [9.17, 15) is 13.6 Å². The van der Waals surface area contributed by atoms with Crippen LogP contribution in [0, 0.1) is 0 Å². The van der Waals surface area contributed by atoms with Crippen LogP contribution in [-0.2, 0) is 0 Å². The molecule has 0 aliphatic heterocycles. The van der Waals surface area contributed by atoms with Gasteiger partial charge in [0, 0.05) is 21.8 Å². The Balaban J connectivity index is 2.47. The van der Waals surface area contributed by atoms with E-state index in [-0.39, 0.29) is 27.1 Å². The maximum absolute atomic E-state index is 12.7. The Morgan fingerprint density at radius 2 is 1.94 bits per heavy atom. The number of alkyl halides is 2. The molecular weight excluding hydrogens is 304 g/mol. The van der Waals surface area contributed by atoms with Crippen LogP contribution in [0.4, 0.5) is 8.78 Å². The third-order valence-corrected chi connectivity index (χ3v) is 3.29. The standard InChI is InChI=1S/C13H8BrF2NO/c14-11-8(4-3-5-9(11)13(15)16)12(18)10-6-1-2-7-17-10/h1-7,13H. The summed E-state index contributed by atoms with van der Waals surface area (Å²) in [5.41, 5.74) is 0.216. The lowest BCUT2D eigenvalue weighted by Gasteiger charge is -2.08. The number of carbonyl (C=O) groups excluding carboxylic acids is 1. The molecule has 0 unspecified atom stereocenters. The summed E-state index contributed by atoms with van der Waals surface area (Å²) in [7, 11) is 0. The zero-order valence-electron chi connectivity index (χ0n) is 9.11. The smallest absolute Gasteiger partial charge is 0.264 e. The van der Waals surface area contributed by atoms with Crippen molar-refractivity contribution in [3.05, 3.63) is 63.9 Å². The fourth-order valence-corrected chi connectivity index (χ4v) is 2.15. The number of aromatic nitrogens is 1. The number of nitrogens with zero attached hydrogens (tertiary/aromatic N) is 1. The fourth-order valence-electron chi connectivity index (χ4n) is 1.53. The van der Waals surface area contributed by atoms with Crippen molar-refractivity contribution in [3.8, 4) is 0 Å². The van der Waals surface area contributed by atoms with Crippen molar-refractivity contribution < 1.29 is 13.6 Å². The molecule has 0 N–H and O–H groups in total. The molecule has 0 aliphatic carbocycles. The van der Waals surface area contributed by atoms with Crippen molar-refractivity contribution in [3.63, 3.8) is 0 Å². The van der Waals surface area contributed by atoms with Crippen LogP contribution in [0.3, 0.4) is 0 Å². The number of ketones is 1. The van der Waals surface area contributed by atoms with E-state index in [1.54, 1.807) is 18.2 Å². The van der Waals surface area contributed by atoms with E-state index in [1.165, 1.54) is 24.4 Å². The minimum atomic E-state index is -2.63. The molecule has 1 heterocycles. The summed E-state index contributed by atoms with van der Waals surface area (Å²) in [5, 5.41) is 0. The van der Waals surface area contributed by atoms with Crippen LogP contribution in [0.5, 0.6) is 0 Å². The molecule has 2 rings (SSSR count). The molecule has 5 heteroatoms. The predicted octanol–water partition coefficient (Wildman–Crippen LogP) is 4.01. The Hall–Kier alpha value is -1.62. The zero-order chi connectivity index (χ0) is 13.1. The van der Waals surface area contributed by atoms with Gasteiger partial charge in [-0.05, 0) is 34.1 Å². The van der Waals surface area contributed by atoms with E-state index >= 15 is 0 Å². The number of hydrogen-bond acceptors (Lipinski definition) is 2. The number of pyridine rings is 1. The molecule has 1 aromatic carbocycles. The highest BCUT2D eigenvalue weighted by atomic mass is 79.9. The topological polar surface area (TPSA) is 30.0 Å². The first-order valence-corrected chi connectivity index (χ1v) is 5.93. The van der Waals surface area contributed by atoms with Gasteiger partial charge in [-0.3, -0.25) is 9.78 Å². The van der Waals surface area contributed by atoms with Gasteiger partial charge in [-0.15, -0.1) is 0 Å². The molecular formula is C13H8BrF2NO. The Morgan fingerprint density at radius 3 is 2.56 bits per heavy atom. The Bertz CT molecular complexity index is 572. The molecule has 0 atom stereocenters. The highest BCUT2D eigenvalue weighted by Gasteiger charge is 2.19. The van der Waals surface area contributed by atoms with E-state index in [0.717, 1.165) is 0 Å². The largest absolute Gasteiger partial charge is 0.287 e. The molecule has 0 spiro atoms. The van der Waals surface area contributed by atoms with Crippen molar-refractivity contribution in [2.75, 3.05) is 0 Å². The Labute approximate surface area is 111 Å². The van der Waals surface area contributed by atoms with Gasteiger partial charge >= 0.3 is 0 Å². The first kappa shape index (κ1) is 12.8. The van der Waals surface area contributed by atoms with Gasteiger partial charge in [0.15, 0.2) is 0 Å². The SMILES string of the molecule is O=C(c1ccccn1)c1cccc(C(F)F)c1Br. The second-order valence-corrected chi connectivity index (χ2v) is 4.35. The average Bonchev–Trinajstić information content (AvgIpc) is 2.39. The molecule has 18 heavy (non-hydrogen) atoms. The molecule has 1 aromatic heterocycles. The average molecular weight is 312 g/mol. The van der Waals surface area contributed by atoms with Crippen LogP contribution in [0.25, 0.3) is 0 Å². The summed E-state index contributed by atoms with van der Waals surface area (Å²) in [6.07, 6.45) is -1.14. The monoisotopic (exact) mass is 311 g/mol. The van der Waals surface area contributed by atoms with Crippen molar-refractivity contribution in [2.24, 2.45) is 0 Å². The maximum atomic E-state index is 12.7. The second kappa shape index (κ2) is 5.35. The third-order valence-electron chi connectivity index (χ3n) is 2.41. The van der Waals surface area contributed by atoms with E-state index < -0.39 is 6.43 Å². The molecule has 92 valence electrons. The minimum Gasteiger partial charge on any atom is -0.287 e. The van der Waals surface area contributed by atoms with E-state index in [2.05, 4.69) is 20.9 Å². The number of benzene rings is 1. The number of hydrogen-bond donors (Lipinski definition) is 0. The fraction of sp³-hybridized carbons (Fsp3) is 0.0769. The van der Waals surface area contributed by atoms with E-state index in [0.29, 0.717) is 0 Å². The normalized spacial score (nSPS) is 10.7. The van der Waals surface area contributed by atoms with Crippen LogP contribution >= 0.6 is 15.9 Å². The molecule has 0 radical (unpaired) electrons. The molecule has 2 nitrogen and oxygen atoms in total. The molecule has 0 fully saturated rings. The third kappa shape index (κ3) is 2.46. The van der Waals surface area contributed by atoms with E-state index in [4.69, 9.17) is 0 Å². The van der Waals surface area contributed by atoms with Crippen molar-refractivity contribution in [2.45, 2.75) is 6.43 Å². The summed E-state index contributed by atoms with van der Waals surface area (Å²) in [6.45, 7) is 0. The number of halogens is 3. The van der Waals surface area contributed by atoms with Gasteiger partial charge in [0.05, 0.1) is 0 Å². The first-order chi connectivity index (χ1) is 8.61. The highest BCUT2D eigenvalue weighted by Crippen LogP contribution is 2.30. The maximum Gasteiger partial charge on any atom is 0.264 e. The molecule has 0 bridgehead atoms. The second-order valence-electron chi connectivity index (χ2n) is 3.55. The summed E-state index contributed by atoms with van der Waals surface area (Å²) >= 11 is 3.05. The van der Waals surface area contributed by atoms with Crippen molar-refractivity contribution in [1.29, 1.82) is 0 Å². The lowest BCUT2D eigenvalue weighted by Crippen LogP contribution is -2.05. The van der Waals surface area contributed by atoms with Gasteiger partial charge < -0.3 is 0 Å². The van der Waals surface area contributed by atoms with Gasteiger partial charge in [0.2, 0.25) is 5.78 Å². The molecule has 2 aromatic rings. The zero-order valence-corrected chi connectivity index (χ0v) is 10.7. The quantitative estimate of drug-likeness (QED) is 0.802. The molecule has 0 saturated carbocycles. The number of carbonyl (C=O) groups is 1. The van der Waals surface area contributed by atoms with Crippen LogP contribution in [0.2, 0.25) is 0 Å². The van der Waals surface area contributed by atoms with Gasteiger partial charge in [-0.2, -0.15) is 0 Å².